The van der Waals surface area contributed by atoms with Crippen molar-refractivity contribution in [3.05, 3.63) is 48.2 Å². The lowest BCUT2D eigenvalue weighted by Crippen LogP contribution is -2.05. The lowest BCUT2D eigenvalue weighted by atomic mass is 10.1. The van der Waals surface area contributed by atoms with E-state index < -0.39 is 0 Å². The van der Waals surface area contributed by atoms with Gasteiger partial charge in [0, 0.05) is 17.6 Å². The number of hydrogen-bond donors (Lipinski definition) is 2. The van der Waals surface area contributed by atoms with Crippen LogP contribution in [0.25, 0.3) is 10.8 Å². The molecule has 0 amide bonds. The average molecular weight is 280 g/mol. The van der Waals surface area contributed by atoms with E-state index in [0.29, 0.717) is 0 Å². The maximum atomic E-state index is 6.18. The number of nitrogens with one attached hydrogen (secondary N) is 1. The van der Waals surface area contributed by atoms with Crippen LogP contribution in [-0.2, 0) is 6.54 Å². The van der Waals surface area contributed by atoms with Crippen LogP contribution in [-0.4, -0.2) is 9.78 Å². The molecule has 0 unspecified atom stereocenters. The lowest BCUT2D eigenvalue weighted by molar-refractivity contribution is 0.605. The van der Waals surface area contributed by atoms with Crippen LogP contribution in [0, 0.1) is 6.92 Å². The number of rotatable bonds is 4. The number of aryl methyl sites for hydroxylation is 2. The van der Waals surface area contributed by atoms with Gasteiger partial charge in [-0.25, -0.2) is 4.68 Å². The van der Waals surface area contributed by atoms with Crippen LogP contribution >= 0.6 is 0 Å². The van der Waals surface area contributed by atoms with E-state index in [2.05, 4.69) is 41.6 Å². The van der Waals surface area contributed by atoms with E-state index in [0.717, 1.165) is 35.9 Å². The molecule has 0 aliphatic heterocycles. The second-order valence-corrected chi connectivity index (χ2v) is 5.22. The zero-order chi connectivity index (χ0) is 14.8. The lowest BCUT2D eigenvalue weighted by Gasteiger charge is -2.12. The number of benzene rings is 2. The van der Waals surface area contributed by atoms with Gasteiger partial charge in [0.1, 0.15) is 0 Å². The van der Waals surface area contributed by atoms with Crippen molar-refractivity contribution in [3.63, 3.8) is 0 Å². The molecule has 0 atom stereocenters. The Morgan fingerprint density at radius 3 is 2.71 bits per heavy atom. The molecule has 3 aromatic rings. The third kappa shape index (κ3) is 2.44. The van der Waals surface area contributed by atoms with E-state index in [4.69, 9.17) is 5.73 Å². The fraction of sp³-hybridized carbons (Fsp3) is 0.235. The number of nitrogens with two attached hydrogens (primary N) is 1. The Morgan fingerprint density at radius 1 is 1.14 bits per heavy atom. The van der Waals surface area contributed by atoms with Crippen LogP contribution < -0.4 is 11.1 Å². The molecule has 0 fully saturated rings. The molecule has 21 heavy (non-hydrogen) atoms. The third-order valence-corrected chi connectivity index (χ3v) is 3.65. The van der Waals surface area contributed by atoms with Gasteiger partial charge in [0.25, 0.3) is 0 Å². The van der Waals surface area contributed by atoms with E-state index >= 15 is 0 Å². The van der Waals surface area contributed by atoms with Gasteiger partial charge < -0.3 is 11.1 Å². The minimum absolute atomic E-state index is 0.719. The molecule has 108 valence electrons. The van der Waals surface area contributed by atoms with Crippen LogP contribution in [0.1, 0.15) is 19.0 Å². The standard InChI is InChI=1S/C17H20N4/c1-3-11-21-17(16(18)12(2)20-21)19-15-10-6-8-13-7-4-5-9-14(13)15/h4-10,19H,3,11,18H2,1-2H3. The van der Waals surface area contributed by atoms with Crippen LogP contribution in [0.3, 0.4) is 0 Å². The van der Waals surface area contributed by atoms with Gasteiger partial charge in [0.2, 0.25) is 0 Å². The Labute approximate surface area is 124 Å². The van der Waals surface area contributed by atoms with E-state index in [1.54, 1.807) is 0 Å². The summed E-state index contributed by atoms with van der Waals surface area (Å²) in [5.41, 5.74) is 8.82. The van der Waals surface area contributed by atoms with Crippen molar-refractivity contribution in [3.8, 4) is 0 Å². The highest BCUT2D eigenvalue weighted by Crippen LogP contribution is 2.30. The summed E-state index contributed by atoms with van der Waals surface area (Å²) in [6.07, 6.45) is 1.02. The molecule has 1 heterocycles. The molecule has 1 aromatic heterocycles. The average Bonchev–Trinajstić information content (AvgIpc) is 2.76. The van der Waals surface area contributed by atoms with Crippen molar-refractivity contribution >= 4 is 28.0 Å². The number of anilines is 3. The van der Waals surface area contributed by atoms with Crippen molar-refractivity contribution in [2.45, 2.75) is 26.8 Å². The Bertz CT molecular complexity index is 768. The second kappa shape index (κ2) is 5.48. The maximum Gasteiger partial charge on any atom is 0.152 e. The number of hydrogen-bond acceptors (Lipinski definition) is 3. The van der Waals surface area contributed by atoms with Crippen LogP contribution in [0.4, 0.5) is 17.2 Å². The maximum absolute atomic E-state index is 6.18. The molecule has 0 aliphatic carbocycles. The molecule has 3 rings (SSSR count). The topological polar surface area (TPSA) is 55.9 Å². The fourth-order valence-corrected chi connectivity index (χ4v) is 2.56. The summed E-state index contributed by atoms with van der Waals surface area (Å²) >= 11 is 0. The molecule has 0 radical (unpaired) electrons. The van der Waals surface area contributed by atoms with Gasteiger partial charge in [0.05, 0.1) is 11.4 Å². The van der Waals surface area contributed by atoms with Crippen molar-refractivity contribution in [2.24, 2.45) is 0 Å². The summed E-state index contributed by atoms with van der Waals surface area (Å²) < 4.78 is 1.95. The van der Waals surface area contributed by atoms with Crippen molar-refractivity contribution in [2.75, 3.05) is 11.1 Å². The third-order valence-electron chi connectivity index (χ3n) is 3.65. The molecule has 0 aliphatic rings. The van der Waals surface area contributed by atoms with E-state index in [1.165, 1.54) is 10.8 Å². The van der Waals surface area contributed by atoms with E-state index in [9.17, 15) is 0 Å². The van der Waals surface area contributed by atoms with Crippen molar-refractivity contribution in [1.29, 1.82) is 0 Å². The molecule has 4 nitrogen and oxygen atoms in total. The van der Waals surface area contributed by atoms with Gasteiger partial charge in [0.15, 0.2) is 5.82 Å². The quantitative estimate of drug-likeness (QED) is 0.757. The van der Waals surface area contributed by atoms with Gasteiger partial charge in [-0.15, -0.1) is 0 Å². The van der Waals surface area contributed by atoms with Crippen molar-refractivity contribution < 1.29 is 0 Å². The number of nitrogen functional groups attached to an aromatic ring is 1. The highest BCUT2D eigenvalue weighted by atomic mass is 15.3. The summed E-state index contributed by atoms with van der Waals surface area (Å²) in [5.74, 6) is 0.880. The zero-order valence-corrected chi connectivity index (χ0v) is 12.4. The van der Waals surface area contributed by atoms with Crippen molar-refractivity contribution in [1.82, 2.24) is 9.78 Å². The first-order valence-electron chi connectivity index (χ1n) is 7.28. The molecule has 0 spiro atoms. The molecule has 0 saturated heterocycles. The summed E-state index contributed by atoms with van der Waals surface area (Å²) in [5, 5.41) is 10.4. The van der Waals surface area contributed by atoms with Gasteiger partial charge in [-0.3, -0.25) is 0 Å². The minimum Gasteiger partial charge on any atom is -0.394 e. The predicted octanol–water partition coefficient (Wildman–Crippen LogP) is 4.08. The van der Waals surface area contributed by atoms with Gasteiger partial charge in [-0.05, 0) is 24.8 Å². The molecule has 0 saturated carbocycles. The number of nitrogens with zero attached hydrogens (tertiary/aromatic N) is 2. The second-order valence-electron chi connectivity index (χ2n) is 5.22. The highest BCUT2D eigenvalue weighted by Gasteiger charge is 2.13. The molecular formula is C17H20N4. The van der Waals surface area contributed by atoms with E-state index in [-0.39, 0.29) is 0 Å². The first-order valence-corrected chi connectivity index (χ1v) is 7.28. The SMILES string of the molecule is CCCn1nc(C)c(N)c1Nc1cccc2ccccc12. The first-order chi connectivity index (χ1) is 10.2. The number of fused-ring (bicyclic) bond motifs is 1. The summed E-state index contributed by atoms with van der Waals surface area (Å²) in [6.45, 7) is 4.93. The highest BCUT2D eigenvalue weighted by molar-refractivity contribution is 5.95. The van der Waals surface area contributed by atoms with Crippen LogP contribution in [0.5, 0.6) is 0 Å². The Balaban J connectivity index is 2.06. The predicted molar refractivity (Wildman–Crippen MR) is 88.9 cm³/mol. The Hall–Kier alpha value is -2.49. The molecular weight excluding hydrogens is 260 g/mol. The number of aromatic nitrogens is 2. The van der Waals surface area contributed by atoms with Gasteiger partial charge >= 0.3 is 0 Å². The summed E-state index contributed by atoms with van der Waals surface area (Å²) in [4.78, 5) is 0. The van der Waals surface area contributed by atoms with Crippen LogP contribution in [0.15, 0.2) is 42.5 Å². The molecule has 0 bridgehead atoms. The largest absolute Gasteiger partial charge is 0.394 e. The monoisotopic (exact) mass is 280 g/mol. The van der Waals surface area contributed by atoms with E-state index in [1.807, 2.05) is 29.8 Å². The fourth-order valence-electron chi connectivity index (χ4n) is 2.56. The smallest absolute Gasteiger partial charge is 0.152 e. The molecule has 3 N–H and O–H groups in total. The summed E-state index contributed by atoms with van der Waals surface area (Å²) in [7, 11) is 0. The first kappa shape index (κ1) is 13.5. The Morgan fingerprint density at radius 2 is 1.90 bits per heavy atom. The summed E-state index contributed by atoms with van der Waals surface area (Å²) in [6, 6.07) is 14.5. The van der Waals surface area contributed by atoms with Gasteiger partial charge in [-0.1, -0.05) is 43.3 Å². The Kier molecular flexibility index (Phi) is 3.52. The normalized spacial score (nSPS) is 11.0. The molecule has 2 aromatic carbocycles. The van der Waals surface area contributed by atoms with Gasteiger partial charge in [-0.2, -0.15) is 5.10 Å². The zero-order valence-electron chi connectivity index (χ0n) is 12.4. The minimum atomic E-state index is 0.719. The van der Waals surface area contributed by atoms with Crippen LogP contribution in [0.2, 0.25) is 0 Å². The molecule has 4 heteroatoms.